The van der Waals surface area contributed by atoms with E-state index in [1.807, 2.05) is 36.4 Å². The molecule has 1 saturated carbocycles. The molecule has 8 nitrogen and oxygen atoms in total. The lowest BCUT2D eigenvalue weighted by atomic mass is 9.96. The lowest BCUT2D eigenvalue weighted by Crippen LogP contribution is -2.41. The molecule has 1 aliphatic carbocycles. The molecular weight excluding hydrogens is 431 g/mol. The van der Waals surface area contributed by atoms with Gasteiger partial charge in [0.25, 0.3) is 0 Å². The molecule has 32 heavy (non-hydrogen) atoms. The predicted molar refractivity (Wildman–Crippen MR) is 119 cm³/mol. The maximum absolute atomic E-state index is 13.0. The number of alkyl carbamates (subject to hydrolysis) is 1. The zero-order chi connectivity index (χ0) is 22.8. The molecule has 0 radical (unpaired) electrons. The highest BCUT2D eigenvalue weighted by molar-refractivity contribution is 7.41. The van der Waals surface area contributed by atoms with Gasteiger partial charge in [0.05, 0.1) is 11.4 Å². The Hall–Kier alpha value is -2.96. The fourth-order valence-corrected chi connectivity index (χ4v) is 4.04. The van der Waals surface area contributed by atoms with E-state index < -0.39 is 26.1 Å². The Balaban J connectivity index is 1.51. The van der Waals surface area contributed by atoms with Crippen LogP contribution in [-0.2, 0) is 25.4 Å². The highest BCUT2D eigenvalue weighted by Gasteiger charge is 2.41. The van der Waals surface area contributed by atoms with Crippen molar-refractivity contribution in [3.63, 3.8) is 0 Å². The van der Waals surface area contributed by atoms with Gasteiger partial charge in [0.2, 0.25) is 0 Å². The summed E-state index contributed by atoms with van der Waals surface area (Å²) in [6.07, 6.45) is 2.12. The minimum atomic E-state index is -2.14. The van der Waals surface area contributed by atoms with E-state index in [2.05, 4.69) is 5.32 Å². The zero-order valence-corrected chi connectivity index (χ0v) is 18.9. The fourth-order valence-electron chi connectivity index (χ4n) is 2.87. The average molecular weight is 459 g/mol. The highest BCUT2D eigenvalue weighted by atomic mass is 31.1. The molecule has 1 fully saturated rings. The molecule has 3 rings (SSSR count). The van der Waals surface area contributed by atoms with Crippen LogP contribution in [0, 0.1) is 0 Å². The van der Waals surface area contributed by atoms with E-state index in [0.717, 1.165) is 29.7 Å². The molecule has 9 heteroatoms. The van der Waals surface area contributed by atoms with E-state index in [0.29, 0.717) is 5.75 Å². The summed E-state index contributed by atoms with van der Waals surface area (Å²) >= 11 is 0. The molecule has 1 unspecified atom stereocenters. The number of hydrogen-bond donors (Lipinski definition) is 1. The standard InChI is InChI=1S/C23H27N2O6P/c1-18(22(26)30-20-13-8-14-20)25(31-21-11-6-3-7-12-21)32(28)16-15-24-23(27)29-17-19-9-4-2-5-10-19/h2-7,9-12,18,20H,8,13-17H2,1H3/p+1/t18-/m0/s1. The van der Waals surface area contributed by atoms with Crippen LogP contribution in [0.4, 0.5) is 4.79 Å². The predicted octanol–water partition coefficient (Wildman–Crippen LogP) is 4.44. The molecule has 1 amide bonds. The summed E-state index contributed by atoms with van der Waals surface area (Å²) in [7, 11) is -2.14. The van der Waals surface area contributed by atoms with Crippen LogP contribution in [0.2, 0.25) is 0 Å². The number of hydrogen-bond acceptors (Lipinski definition) is 6. The number of nitrogens with zero attached hydrogens (tertiary/aromatic N) is 1. The number of esters is 1. The van der Waals surface area contributed by atoms with Crippen molar-refractivity contribution in [2.24, 2.45) is 0 Å². The molecule has 0 heterocycles. The van der Waals surface area contributed by atoms with Gasteiger partial charge < -0.3 is 19.6 Å². The van der Waals surface area contributed by atoms with Gasteiger partial charge in [0.1, 0.15) is 12.7 Å². The summed E-state index contributed by atoms with van der Waals surface area (Å²) in [4.78, 5) is 31.4. The van der Waals surface area contributed by atoms with Gasteiger partial charge in [0, 0.05) is 0 Å². The van der Waals surface area contributed by atoms with Gasteiger partial charge in [-0.3, -0.25) is 4.79 Å². The molecule has 1 aliphatic rings. The minimum Gasteiger partial charge on any atom is -0.461 e. The highest BCUT2D eigenvalue weighted by Crippen LogP contribution is 2.32. The number of carbonyl (C=O) groups is 2. The van der Waals surface area contributed by atoms with Crippen molar-refractivity contribution in [2.75, 3.05) is 12.7 Å². The van der Waals surface area contributed by atoms with E-state index in [-0.39, 0.29) is 25.4 Å². The van der Waals surface area contributed by atoms with Crippen molar-refractivity contribution in [3.05, 3.63) is 66.2 Å². The Bertz CT molecular complexity index is 892. The molecule has 2 atom stereocenters. The summed E-state index contributed by atoms with van der Waals surface area (Å²) in [5.74, 6) is -0.0291. The maximum Gasteiger partial charge on any atom is 0.473 e. The maximum atomic E-state index is 13.0. The third-order valence-electron chi connectivity index (χ3n) is 4.95. The lowest BCUT2D eigenvalue weighted by molar-refractivity contribution is -0.163. The van der Waals surface area contributed by atoms with E-state index in [1.165, 1.54) is 0 Å². The Morgan fingerprint density at radius 2 is 1.75 bits per heavy atom. The van der Waals surface area contributed by atoms with E-state index in [1.54, 1.807) is 31.2 Å². The van der Waals surface area contributed by atoms with Crippen molar-refractivity contribution < 1.29 is 28.5 Å². The van der Waals surface area contributed by atoms with Crippen LogP contribution < -0.4 is 10.2 Å². The number of para-hydroxylation sites is 1. The van der Waals surface area contributed by atoms with Gasteiger partial charge in [-0.1, -0.05) is 48.5 Å². The van der Waals surface area contributed by atoms with Gasteiger partial charge in [0.15, 0.2) is 18.0 Å². The van der Waals surface area contributed by atoms with E-state index in [4.69, 9.17) is 14.3 Å². The summed E-state index contributed by atoms with van der Waals surface area (Å²) in [6, 6.07) is 17.2. The van der Waals surface area contributed by atoms with Crippen LogP contribution in [0.1, 0.15) is 31.7 Å². The molecule has 2 aromatic carbocycles. The van der Waals surface area contributed by atoms with Gasteiger partial charge in [-0.15, -0.1) is 0 Å². The summed E-state index contributed by atoms with van der Waals surface area (Å²) in [6.45, 7) is 1.84. The minimum absolute atomic E-state index is 0.0731. The average Bonchev–Trinajstić information content (AvgIpc) is 2.79. The summed E-state index contributed by atoms with van der Waals surface area (Å²) in [5.41, 5.74) is 0.870. The van der Waals surface area contributed by atoms with Crippen LogP contribution in [0.3, 0.4) is 0 Å². The molecule has 0 aromatic heterocycles. The first-order valence-corrected chi connectivity index (χ1v) is 12.0. The summed E-state index contributed by atoms with van der Waals surface area (Å²) in [5, 5.41) is 2.58. The van der Waals surface area contributed by atoms with Gasteiger partial charge in [-0.25, -0.2) is 4.79 Å². The van der Waals surface area contributed by atoms with Crippen LogP contribution in [0.25, 0.3) is 0 Å². The molecular formula is C23H28N2O6P+. The molecule has 0 aliphatic heterocycles. The second-order valence-corrected chi connectivity index (χ2v) is 8.98. The normalized spacial score (nSPS) is 14.8. The van der Waals surface area contributed by atoms with Crippen molar-refractivity contribution in [3.8, 4) is 5.75 Å². The topological polar surface area (TPSA) is 94.2 Å². The van der Waals surface area contributed by atoms with E-state index >= 15 is 0 Å². The number of nitrogens with one attached hydrogen (secondary N) is 1. The molecule has 2 aromatic rings. The number of rotatable bonds is 11. The van der Waals surface area contributed by atoms with Crippen molar-refractivity contribution >= 4 is 20.0 Å². The Morgan fingerprint density at radius 3 is 2.38 bits per heavy atom. The van der Waals surface area contributed by atoms with Crippen molar-refractivity contribution in [1.82, 2.24) is 10.2 Å². The molecule has 0 saturated heterocycles. The molecule has 0 bridgehead atoms. The first kappa shape index (κ1) is 23.7. The van der Waals surface area contributed by atoms with Gasteiger partial charge in [-0.05, 0) is 48.4 Å². The van der Waals surface area contributed by atoms with Crippen LogP contribution in [0.15, 0.2) is 60.7 Å². The smallest absolute Gasteiger partial charge is 0.461 e. The Kier molecular flexibility index (Phi) is 9.01. The second-order valence-electron chi connectivity index (χ2n) is 7.44. The van der Waals surface area contributed by atoms with Crippen LogP contribution in [0.5, 0.6) is 5.75 Å². The lowest BCUT2D eigenvalue weighted by Gasteiger charge is -2.27. The van der Waals surface area contributed by atoms with Crippen molar-refractivity contribution in [1.29, 1.82) is 0 Å². The number of carbonyl (C=O) groups excluding carboxylic acids is 2. The Morgan fingerprint density at radius 1 is 1.09 bits per heavy atom. The quantitative estimate of drug-likeness (QED) is 0.302. The monoisotopic (exact) mass is 459 g/mol. The first-order chi connectivity index (χ1) is 15.5. The van der Waals surface area contributed by atoms with Gasteiger partial charge >= 0.3 is 20.0 Å². The fraction of sp³-hybridized carbons (Fsp3) is 0.391. The van der Waals surface area contributed by atoms with E-state index in [9.17, 15) is 14.2 Å². The first-order valence-electron chi connectivity index (χ1n) is 10.6. The van der Waals surface area contributed by atoms with Gasteiger partial charge in [-0.2, -0.15) is 0 Å². The second kappa shape index (κ2) is 12.2. The largest absolute Gasteiger partial charge is 0.473 e. The number of benzene rings is 2. The molecule has 0 spiro atoms. The molecule has 170 valence electrons. The number of hydroxylamine groups is 1. The third kappa shape index (κ3) is 7.32. The Labute approximate surface area is 188 Å². The molecule has 1 N–H and O–H groups in total. The van der Waals surface area contributed by atoms with Crippen LogP contribution >= 0.6 is 7.95 Å². The summed E-state index contributed by atoms with van der Waals surface area (Å²) < 4.78 is 23.6. The number of ether oxygens (including phenoxy) is 2. The number of amides is 1. The SMILES string of the molecule is C[C@@H](C(=O)OC1CCC1)N(Oc1ccccc1)[P+](=O)CCNC(=O)OCc1ccccc1. The van der Waals surface area contributed by atoms with Crippen LogP contribution in [-0.4, -0.2) is 41.7 Å². The van der Waals surface area contributed by atoms with Crippen molar-refractivity contribution in [2.45, 2.75) is 44.9 Å². The third-order valence-corrected chi connectivity index (χ3v) is 6.43. The zero-order valence-electron chi connectivity index (χ0n) is 18.0.